The van der Waals surface area contributed by atoms with E-state index in [-0.39, 0.29) is 5.91 Å². The molecule has 32 heavy (non-hydrogen) atoms. The van der Waals surface area contributed by atoms with E-state index >= 15 is 0 Å². The number of fused-ring (bicyclic) bond motifs is 1. The fourth-order valence-corrected chi connectivity index (χ4v) is 3.75. The van der Waals surface area contributed by atoms with Crippen LogP contribution < -0.4 is 0 Å². The minimum Gasteiger partial charge on any atom is -0.383 e. The van der Waals surface area contributed by atoms with Crippen molar-refractivity contribution >= 4 is 16.7 Å². The molecule has 0 aliphatic carbocycles. The molecule has 3 aromatic carbocycles. The van der Waals surface area contributed by atoms with Gasteiger partial charge in [0.15, 0.2) is 0 Å². The fraction of sp³-hybridized carbons (Fsp3) is 0.231. The molecule has 0 fully saturated rings. The zero-order valence-electron chi connectivity index (χ0n) is 18.4. The number of ether oxygens (including phenoxy) is 2. The van der Waals surface area contributed by atoms with E-state index in [2.05, 4.69) is 40.5 Å². The van der Waals surface area contributed by atoms with Gasteiger partial charge in [0.2, 0.25) is 0 Å². The van der Waals surface area contributed by atoms with E-state index < -0.39 is 0 Å². The van der Waals surface area contributed by atoms with Gasteiger partial charge in [-0.15, -0.1) is 0 Å². The van der Waals surface area contributed by atoms with Gasteiger partial charge >= 0.3 is 0 Å². The van der Waals surface area contributed by atoms with Gasteiger partial charge in [0, 0.05) is 44.0 Å². The summed E-state index contributed by atoms with van der Waals surface area (Å²) in [5.74, 6) is -0.0378. The summed E-state index contributed by atoms with van der Waals surface area (Å²) in [6, 6.07) is 24.2. The molecule has 0 spiro atoms. The maximum Gasteiger partial charge on any atom is 0.254 e. The second-order valence-corrected chi connectivity index (χ2v) is 7.55. The lowest BCUT2D eigenvalue weighted by Crippen LogP contribution is -2.36. The standard InChI is InChI=1S/C26H27N3O3/c1-31-16-14-29(15-17-32-2)26(30)21-12-10-20(11-13-21)24-18-25(28-27-24)23-9-5-7-19-6-3-4-8-22(19)23/h3-13,18H,14-17H2,1-2H3,(H,27,28). The average molecular weight is 430 g/mol. The normalized spacial score (nSPS) is 11.1. The third-order valence-corrected chi connectivity index (χ3v) is 5.50. The van der Waals surface area contributed by atoms with E-state index in [0.717, 1.165) is 22.5 Å². The largest absolute Gasteiger partial charge is 0.383 e. The SMILES string of the molecule is COCCN(CCOC)C(=O)c1ccc(-c2cc(-c3cccc4ccccc34)[nH]n2)cc1. The van der Waals surface area contributed by atoms with Gasteiger partial charge < -0.3 is 14.4 Å². The van der Waals surface area contributed by atoms with Gasteiger partial charge in [-0.2, -0.15) is 5.10 Å². The van der Waals surface area contributed by atoms with Gasteiger partial charge in [0.05, 0.1) is 24.6 Å². The van der Waals surface area contributed by atoms with Crippen molar-refractivity contribution in [2.75, 3.05) is 40.5 Å². The molecule has 4 aromatic rings. The Morgan fingerprint density at radius 1 is 0.906 bits per heavy atom. The smallest absolute Gasteiger partial charge is 0.254 e. The molecule has 1 amide bonds. The number of rotatable bonds is 9. The van der Waals surface area contributed by atoms with Crippen molar-refractivity contribution < 1.29 is 14.3 Å². The molecule has 6 nitrogen and oxygen atoms in total. The van der Waals surface area contributed by atoms with E-state index in [0.29, 0.717) is 31.9 Å². The quantitative estimate of drug-likeness (QED) is 0.421. The molecule has 1 heterocycles. The van der Waals surface area contributed by atoms with Gasteiger partial charge in [0.25, 0.3) is 5.91 Å². The van der Waals surface area contributed by atoms with Crippen LogP contribution >= 0.6 is 0 Å². The highest BCUT2D eigenvalue weighted by atomic mass is 16.5. The summed E-state index contributed by atoms with van der Waals surface area (Å²) in [7, 11) is 3.26. The summed E-state index contributed by atoms with van der Waals surface area (Å²) in [6.45, 7) is 2.01. The molecular formula is C26H27N3O3. The molecule has 1 N–H and O–H groups in total. The maximum atomic E-state index is 12.9. The molecular weight excluding hydrogens is 402 g/mol. The van der Waals surface area contributed by atoms with E-state index in [9.17, 15) is 4.79 Å². The van der Waals surface area contributed by atoms with Gasteiger partial charge in [-0.3, -0.25) is 9.89 Å². The number of nitrogens with zero attached hydrogens (tertiary/aromatic N) is 2. The number of methoxy groups -OCH3 is 2. The van der Waals surface area contributed by atoms with Gasteiger partial charge in [0.1, 0.15) is 0 Å². The van der Waals surface area contributed by atoms with Gasteiger partial charge in [-0.1, -0.05) is 54.6 Å². The zero-order valence-corrected chi connectivity index (χ0v) is 18.4. The molecule has 0 aliphatic rings. The topological polar surface area (TPSA) is 67.5 Å². The molecule has 0 bridgehead atoms. The Hall–Kier alpha value is -3.48. The first-order valence-corrected chi connectivity index (χ1v) is 10.6. The highest BCUT2D eigenvalue weighted by Gasteiger charge is 2.16. The predicted molar refractivity (Wildman–Crippen MR) is 127 cm³/mol. The maximum absolute atomic E-state index is 12.9. The van der Waals surface area contributed by atoms with Crippen molar-refractivity contribution in [3.63, 3.8) is 0 Å². The van der Waals surface area contributed by atoms with Crippen molar-refractivity contribution in [1.82, 2.24) is 15.1 Å². The summed E-state index contributed by atoms with van der Waals surface area (Å²) in [5.41, 5.74) is 4.49. The Morgan fingerprint density at radius 2 is 1.59 bits per heavy atom. The number of carbonyl (C=O) groups excluding carboxylic acids is 1. The van der Waals surface area contributed by atoms with E-state index in [4.69, 9.17) is 9.47 Å². The van der Waals surface area contributed by atoms with Crippen molar-refractivity contribution in [2.45, 2.75) is 0 Å². The van der Waals surface area contributed by atoms with Crippen LogP contribution in [0.3, 0.4) is 0 Å². The average Bonchev–Trinajstić information content (AvgIpc) is 3.34. The van der Waals surface area contributed by atoms with Crippen LogP contribution in [0, 0.1) is 0 Å². The van der Waals surface area contributed by atoms with Gasteiger partial charge in [-0.05, 0) is 29.0 Å². The molecule has 4 rings (SSSR count). The first-order chi connectivity index (χ1) is 15.7. The van der Waals surface area contributed by atoms with Crippen LogP contribution in [0.5, 0.6) is 0 Å². The van der Waals surface area contributed by atoms with Crippen LogP contribution in [0.2, 0.25) is 0 Å². The van der Waals surface area contributed by atoms with Crippen LogP contribution in [0.25, 0.3) is 33.3 Å². The summed E-state index contributed by atoms with van der Waals surface area (Å²) in [6.07, 6.45) is 0. The number of amides is 1. The molecule has 0 atom stereocenters. The van der Waals surface area contributed by atoms with E-state index in [1.165, 1.54) is 10.8 Å². The Morgan fingerprint density at radius 3 is 2.31 bits per heavy atom. The lowest BCUT2D eigenvalue weighted by Gasteiger charge is -2.22. The van der Waals surface area contributed by atoms with Crippen molar-refractivity contribution in [2.24, 2.45) is 0 Å². The zero-order chi connectivity index (χ0) is 22.3. The van der Waals surface area contributed by atoms with Crippen LogP contribution in [-0.2, 0) is 9.47 Å². The number of carbonyl (C=O) groups is 1. The van der Waals surface area contributed by atoms with Crippen LogP contribution in [-0.4, -0.2) is 61.5 Å². The Labute approximate surface area is 187 Å². The summed E-state index contributed by atoms with van der Waals surface area (Å²) in [4.78, 5) is 14.7. The minimum absolute atomic E-state index is 0.0378. The number of nitrogens with one attached hydrogen (secondary N) is 1. The lowest BCUT2D eigenvalue weighted by atomic mass is 10.0. The Kier molecular flexibility index (Phi) is 6.94. The highest BCUT2D eigenvalue weighted by Crippen LogP contribution is 2.30. The second kappa shape index (κ2) is 10.2. The first-order valence-electron chi connectivity index (χ1n) is 10.6. The first kappa shape index (κ1) is 21.7. The van der Waals surface area contributed by atoms with Crippen molar-refractivity contribution in [3.8, 4) is 22.5 Å². The van der Waals surface area contributed by atoms with Crippen LogP contribution in [0.4, 0.5) is 0 Å². The molecule has 6 heteroatoms. The van der Waals surface area contributed by atoms with Crippen molar-refractivity contribution in [1.29, 1.82) is 0 Å². The number of benzene rings is 3. The molecule has 0 unspecified atom stereocenters. The predicted octanol–water partition coefficient (Wildman–Crippen LogP) is 4.63. The number of aromatic amines is 1. The molecule has 0 aliphatic heterocycles. The Bertz CT molecular complexity index is 1170. The lowest BCUT2D eigenvalue weighted by molar-refractivity contribution is 0.0627. The summed E-state index contributed by atoms with van der Waals surface area (Å²) < 4.78 is 10.3. The number of hydrogen-bond acceptors (Lipinski definition) is 4. The van der Waals surface area contributed by atoms with E-state index in [1.54, 1.807) is 19.1 Å². The molecule has 0 radical (unpaired) electrons. The fourth-order valence-electron chi connectivity index (χ4n) is 3.75. The van der Waals surface area contributed by atoms with Crippen LogP contribution in [0.1, 0.15) is 10.4 Å². The van der Waals surface area contributed by atoms with Crippen molar-refractivity contribution in [3.05, 3.63) is 78.4 Å². The monoisotopic (exact) mass is 429 g/mol. The van der Waals surface area contributed by atoms with E-state index in [1.807, 2.05) is 42.5 Å². The van der Waals surface area contributed by atoms with Crippen LogP contribution in [0.15, 0.2) is 72.8 Å². The summed E-state index contributed by atoms with van der Waals surface area (Å²) in [5, 5.41) is 10.0. The highest BCUT2D eigenvalue weighted by molar-refractivity contribution is 5.96. The van der Waals surface area contributed by atoms with Gasteiger partial charge in [-0.25, -0.2) is 0 Å². The summed E-state index contributed by atoms with van der Waals surface area (Å²) >= 11 is 0. The minimum atomic E-state index is -0.0378. The molecule has 1 aromatic heterocycles. The molecule has 0 saturated carbocycles. The molecule has 0 saturated heterocycles. The Balaban J connectivity index is 1.55. The molecule has 164 valence electrons. The number of H-pyrrole nitrogens is 1. The number of hydrogen-bond donors (Lipinski definition) is 1. The number of aromatic nitrogens is 2. The third-order valence-electron chi connectivity index (χ3n) is 5.50. The third kappa shape index (κ3) is 4.72. The second-order valence-electron chi connectivity index (χ2n) is 7.55.